The molecule has 3 aliphatic heterocycles. The molecule has 0 saturated heterocycles. The first-order chi connectivity index (χ1) is 19.1. The van der Waals surface area contributed by atoms with Gasteiger partial charge < -0.3 is 19.7 Å². The second-order valence-corrected chi connectivity index (χ2v) is 18.1. The first kappa shape index (κ1) is 27.5. The van der Waals surface area contributed by atoms with Crippen LogP contribution in [-0.4, -0.2) is 39.2 Å². The van der Waals surface area contributed by atoms with Gasteiger partial charge in [0.05, 0.1) is 51.0 Å². The molecule has 210 valence electrons. The standard InChI is InChI=1S/C36H40N2O2Si/c1-21-19-35(3,4)37(7)29-17-31-27(15-25(21)29)33(23-13-11-12-14-24(23)34(39)40)28-16-26-22(2)20-36(5,6)38(8)30(26)18-32(28)41(31,9)10/h11-20H,1-10H3. The van der Waals surface area contributed by atoms with Crippen LogP contribution >= 0.6 is 0 Å². The van der Waals surface area contributed by atoms with Gasteiger partial charge in [0, 0.05) is 30.8 Å². The summed E-state index contributed by atoms with van der Waals surface area (Å²) in [6, 6.07) is 16.8. The van der Waals surface area contributed by atoms with E-state index in [1.54, 1.807) is 12.1 Å². The van der Waals surface area contributed by atoms with E-state index in [0.717, 1.165) is 22.6 Å². The first-order valence-corrected chi connectivity index (χ1v) is 17.5. The molecule has 6 rings (SSSR count). The molecule has 0 radical (unpaired) electrons. The normalized spacial score (nSPS) is 19.4. The van der Waals surface area contributed by atoms with Gasteiger partial charge in [0.25, 0.3) is 0 Å². The van der Waals surface area contributed by atoms with E-state index in [2.05, 4.69) is 115 Å². The summed E-state index contributed by atoms with van der Waals surface area (Å²) in [7, 11) is 2.12. The summed E-state index contributed by atoms with van der Waals surface area (Å²) in [5, 5.41) is 15.2. The molecule has 0 N–H and O–H groups in total. The smallest absolute Gasteiger partial charge is 0.170 e. The molecule has 0 spiro atoms. The number of carboxylic acid groups (broad SMARTS) is 1. The van der Waals surface area contributed by atoms with Crippen molar-refractivity contribution in [2.75, 3.05) is 23.9 Å². The Labute approximate surface area is 246 Å². The average molecular weight is 561 g/mol. The predicted octanol–water partition coefficient (Wildman–Crippen LogP) is 5.47. The second-order valence-electron chi connectivity index (χ2n) is 13.7. The number of carbonyl (C=O) groups is 1. The molecular formula is C36H40N2O2Si. The van der Waals surface area contributed by atoms with Crippen molar-refractivity contribution >= 4 is 46.9 Å². The van der Waals surface area contributed by atoms with Crippen LogP contribution in [0, 0.1) is 5.92 Å². The molecule has 0 unspecified atom stereocenters. The number of hydrogen-bond acceptors (Lipinski definition) is 4. The van der Waals surface area contributed by atoms with Crippen LogP contribution in [0.4, 0.5) is 11.4 Å². The second kappa shape index (κ2) is 8.65. The number of carboxylic acids is 1. The summed E-state index contributed by atoms with van der Waals surface area (Å²) in [6.07, 6.45) is 4.66. The maximum Gasteiger partial charge on any atom is 0.170 e. The van der Waals surface area contributed by atoms with Crippen LogP contribution in [-0.2, 0) is 0 Å². The number of hydrogen-bond donors (Lipinski definition) is 0. The number of likely N-dealkylation sites (N-methyl/N-ethyl adjacent to an activating group) is 2. The van der Waals surface area contributed by atoms with Gasteiger partial charge in [-0.15, -0.1) is 0 Å². The van der Waals surface area contributed by atoms with Crippen molar-refractivity contribution in [2.24, 2.45) is 0 Å². The Morgan fingerprint density at radius 2 is 1.20 bits per heavy atom. The highest BCUT2D eigenvalue weighted by molar-refractivity contribution is 7.01. The fourth-order valence-corrected chi connectivity index (χ4v) is 10.3. The van der Waals surface area contributed by atoms with Gasteiger partial charge in [-0.3, -0.25) is 0 Å². The summed E-state index contributed by atoms with van der Waals surface area (Å²) >= 11 is 0. The van der Waals surface area contributed by atoms with Gasteiger partial charge in [0.15, 0.2) is 8.07 Å². The summed E-state index contributed by atoms with van der Waals surface area (Å²) in [5.41, 5.74) is 10.4. The van der Waals surface area contributed by atoms with Gasteiger partial charge in [-0.1, -0.05) is 31.3 Å². The zero-order valence-electron chi connectivity index (χ0n) is 26.0. The van der Waals surface area contributed by atoms with E-state index in [4.69, 9.17) is 0 Å². The number of carbonyl (C=O) groups excluding carboxylic acids is 1. The maximum absolute atomic E-state index is 12.5. The molecule has 0 aromatic heterocycles. The van der Waals surface area contributed by atoms with Crippen LogP contribution < -0.4 is 25.3 Å². The third-order valence-electron chi connectivity index (χ3n) is 10.0. The molecule has 0 atom stereocenters. The van der Waals surface area contributed by atoms with Crippen molar-refractivity contribution in [1.29, 1.82) is 0 Å². The Morgan fingerprint density at radius 1 is 0.756 bits per heavy atom. The number of fused-ring (bicyclic) bond motifs is 4. The molecular weight excluding hydrogens is 520 g/mol. The molecule has 3 aromatic rings. The van der Waals surface area contributed by atoms with E-state index in [9.17, 15) is 9.90 Å². The van der Waals surface area contributed by atoms with Gasteiger partial charge in [0.2, 0.25) is 0 Å². The minimum Gasteiger partial charge on any atom is -0.538 e. The number of nitrogens with zero attached hydrogens (tertiary/aromatic N) is 2. The molecule has 3 heterocycles. The molecule has 5 heteroatoms. The van der Waals surface area contributed by atoms with Gasteiger partial charge >= 0.3 is 0 Å². The zero-order valence-corrected chi connectivity index (χ0v) is 27.0. The Kier molecular flexibility index (Phi) is 5.80. The van der Waals surface area contributed by atoms with Crippen LogP contribution in [0.2, 0.25) is 13.1 Å². The van der Waals surface area contributed by atoms with Crippen molar-refractivity contribution in [3.05, 3.63) is 100.0 Å². The topological polar surface area (TPSA) is 46.6 Å². The minimum atomic E-state index is -2.24. The molecule has 0 amide bonds. The fourth-order valence-electron chi connectivity index (χ4n) is 7.30. The zero-order chi connectivity index (χ0) is 29.8. The van der Waals surface area contributed by atoms with Gasteiger partial charge in [-0.2, -0.15) is 0 Å². The highest BCUT2D eigenvalue weighted by atomic mass is 28.3. The third-order valence-corrected chi connectivity index (χ3v) is 13.5. The lowest BCUT2D eigenvalue weighted by atomic mass is 9.78. The van der Waals surface area contributed by atoms with Crippen LogP contribution in [0.1, 0.15) is 79.7 Å². The van der Waals surface area contributed by atoms with Crippen LogP contribution in [0.15, 0.2) is 60.7 Å². The number of rotatable bonds is 2. The van der Waals surface area contributed by atoms with Gasteiger partial charge in [0.1, 0.15) is 0 Å². The van der Waals surface area contributed by atoms with Crippen LogP contribution in [0.5, 0.6) is 0 Å². The van der Waals surface area contributed by atoms with E-state index < -0.39 is 14.0 Å². The molecule has 0 aliphatic carbocycles. The third kappa shape index (κ3) is 3.85. The van der Waals surface area contributed by atoms with Crippen molar-refractivity contribution in [3.8, 4) is 0 Å². The van der Waals surface area contributed by atoms with Crippen LogP contribution in [0.25, 0.3) is 11.1 Å². The highest BCUT2D eigenvalue weighted by Crippen LogP contribution is 2.46. The molecule has 0 fully saturated rings. The largest absolute Gasteiger partial charge is 0.538 e. The SMILES string of the molecule is CC1=CC(C)(C)N(C)c2cc3c(cc21)[C+](c1ccccc1C(=O)[O-])c1cc2c(cc1[Si]3(C)C)N(C)C(C)(C)C=C2C. The van der Waals surface area contributed by atoms with Crippen molar-refractivity contribution < 1.29 is 9.90 Å². The van der Waals surface area contributed by atoms with E-state index in [1.165, 1.54) is 44.0 Å². The molecule has 3 aliphatic rings. The Bertz CT molecular complexity index is 1610. The Morgan fingerprint density at radius 3 is 1.63 bits per heavy atom. The highest BCUT2D eigenvalue weighted by Gasteiger charge is 2.48. The lowest BCUT2D eigenvalue weighted by Gasteiger charge is -2.44. The Balaban J connectivity index is 1.73. The summed E-state index contributed by atoms with van der Waals surface area (Å²) < 4.78 is 0. The van der Waals surface area contributed by atoms with E-state index in [-0.39, 0.29) is 16.6 Å². The molecule has 3 aromatic carbocycles. The van der Waals surface area contributed by atoms with E-state index in [0.29, 0.717) is 0 Å². The van der Waals surface area contributed by atoms with Crippen molar-refractivity contribution in [1.82, 2.24) is 0 Å². The number of allylic oxidation sites excluding steroid dienone is 2. The van der Waals surface area contributed by atoms with Gasteiger partial charge in [-0.25, -0.2) is 0 Å². The number of aromatic carboxylic acids is 1. The van der Waals surface area contributed by atoms with Crippen LogP contribution in [0.3, 0.4) is 0 Å². The Hall–Kier alpha value is -3.70. The molecule has 0 saturated carbocycles. The lowest BCUT2D eigenvalue weighted by Crippen LogP contribution is -2.60. The first-order valence-electron chi connectivity index (χ1n) is 14.5. The summed E-state index contributed by atoms with van der Waals surface area (Å²) in [6.45, 7) is 18.3. The van der Waals surface area contributed by atoms with Crippen molar-refractivity contribution in [2.45, 2.75) is 65.7 Å². The van der Waals surface area contributed by atoms with E-state index >= 15 is 0 Å². The average Bonchev–Trinajstić information content (AvgIpc) is 2.89. The monoisotopic (exact) mass is 560 g/mol. The quantitative estimate of drug-likeness (QED) is 0.308. The lowest BCUT2D eigenvalue weighted by molar-refractivity contribution is -0.255. The fraction of sp³-hybridized carbons (Fsp3) is 0.333. The summed E-state index contributed by atoms with van der Waals surface area (Å²) in [4.78, 5) is 17.2. The maximum atomic E-state index is 12.5. The summed E-state index contributed by atoms with van der Waals surface area (Å²) in [5.74, 6) is -0.155. The molecule has 0 bridgehead atoms. The minimum absolute atomic E-state index is 0.102. The number of benzene rings is 3. The van der Waals surface area contributed by atoms with Gasteiger partial charge in [-0.05, 0) is 106 Å². The molecule has 4 nitrogen and oxygen atoms in total. The van der Waals surface area contributed by atoms with Crippen molar-refractivity contribution in [3.63, 3.8) is 0 Å². The number of anilines is 2. The molecule has 41 heavy (non-hydrogen) atoms. The van der Waals surface area contributed by atoms with E-state index in [1.807, 2.05) is 12.1 Å². The predicted molar refractivity (Wildman–Crippen MR) is 173 cm³/mol.